The molecule has 0 saturated heterocycles. The quantitative estimate of drug-likeness (QED) is 0.788. The highest BCUT2D eigenvalue weighted by Crippen LogP contribution is 2.22. The fourth-order valence-corrected chi connectivity index (χ4v) is 2.19. The van der Waals surface area contributed by atoms with Gasteiger partial charge in [-0.25, -0.2) is 9.97 Å². The molecule has 0 unspecified atom stereocenters. The smallest absolute Gasteiger partial charge is 0.180 e. The van der Waals surface area contributed by atoms with Crippen LogP contribution in [0.4, 0.5) is 5.82 Å². The maximum absolute atomic E-state index is 5.93. The molecule has 0 spiro atoms. The Morgan fingerprint density at radius 1 is 1.24 bits per heavy atom. The lowest BCUT2D eigenvalue weighted by Gasteiger charge is -2.07. The van der Waals surface area contributed by atoms with Crippen LogP contribution in [0, 0.1) is 0 Å². The van der Waals surface area contributed by atoms with Gasteiger partial charge >= 0.3 is 0 Å². The average molecular weight is 283 g/mol. The van der Waals surface area contributed by atoms with Crippen molar-refractivity contribution in [3.05, 3.63) is 30.7 Å². The molecule has 3 aromatic heterocycles. The Bertz CT molecular complexity index is 756. The van der Waals surface area contributed by atoms with Crippen LogP contribution in [0.3, 0.4) is 0 Å². The Morgan fingerprint density at radius 3 is 2.81 bits per heavy atom. The lowest BCUT2D eigenvalue weighted by atomic mass is 10.2. The number of aromatic nitrogens is 6. The molecule has 0 amide bonds. The van der Waals surface area contributed by atoms with Gasteiger partial charge in [0.25, 0.3) is 0 Å². The Kier molecular flexibility index (Phi) is 3.39. The monoisotopic (exact) mass is 283 g/mol. The number of nitrogen functional groups attached to an aromatic ring is 1. The van der Waals surface area contributed by atoms with Crippen molar-refractivity contribution < 1.29 is 0 Å². The number of nitrogens with two attached hydrogens (primary N) is 1. The molecular formula is C14H17N7. The maximum Gasteiger partial charge on any atom is 0.180 e. The van der Waals surface area contributed by atoms with Crippen LogP contribution >= 0.6 is 0 Å². The zero-order valence-electron chi connectivity index (χ0n) is 12.1. The molecule has 7 nitrogen and oxygen atoms in total. The highest BCUT2D eigenvalue weighted by atomic mass is 15.3. The second-order valence-electron chi connectivity index (χ2n) is 4.84. The van der Waals surface area contributed by atoms with Crippen LogP contribution in [-0.2, 0) is 13.6 Å². The molecule has 3 heterocycles. The average Bonchev–Trinajstić information content (AvgIpc) is 3.07. The lowest BCUT2D eigenvalue weighted by Crippen LogP contribution is -2.05. The van der Waals surface area contributed by atoms with Crippen molar-refractivity contribution in [3.8, 4) is 22.8 Å². The van der Waals surface area contributed by atoms with Gasteiger partial charge in [0.1, 0.15) is 11.5 Å². The van der Waals surface area contributed by atoms with Crippen LogP contribution in [0.5, 0.6) is 0 Å². The number of hydrogen-bond acceptors (Lipinski definition) is 5. The van der Waals surface area contributed by atoms with Gasteiger partial charge in [0, 0.05) is 37.6 Å². The molecule has 0 aliphatic heterocycles. The zero-order valence-corrected chi connectivity index (χ0v) is 12.1. The van der Waals surface area contributed by atoms with E-state index < -0.39 is 0 Å². The van der Waals surface area contributed by atoms with Gasteiger partial charge < -0.3 is 5.73 Å². The van der Waals surface area contributed by atoms with Gasteiger partial charge in [0.15, 0.2) is 5.82 Å². The van der Waals surface area contributed by atoms with E-state index in [1.165, 1.54) is 0 Å². The van der Waals surface area contributed by atoms with Crippen molar-refractivity contribution in [3.63, 3.8) is 0 Å². The van der Waals surface area contributed by atoms with Gasteiger partial charge in [-0.15, -0.1) is 0 Å². The van der Waals surface area contributed by atoms with Crippen LogP contribution in [0.1, 0.15) is 13.3 Å². The summed E-state index contributed by atoms with van der Waals surface area (Å²) >= 11 is 0. The third-order valence-corrected chi connectivity index (χ3v) is 3.13. The molecule has 0 saturated carbocycles. The van der Waals surface area contributed by atoms with Crippen LogP contribution < -0.4 is 5.73 Å². The Labute approximate surface area is 122 Å². The SMILES string of the molecule is CCCn1nccc1-c1nc(N)cc(-c2cnn(C)c2)n1. The summed E-state index contributed by atoms with van der Waals surface area (Å²) in [6.07, 6.45) is 6.40. The summed E-state index contributed by atoms with van der Waals surface area (Å²) < 4.78 is 3.62. The van der Waals surface area contributed by atoms with E-state index in [1.807, 2.05) is 24.0 Å². The molecule has 0 radical (unpaired) electrons. The van der Waals surface area contributed by atoms with E-state index in [4.69, 9.17) is 5.73 Å². The fourth-order valence-electron chi connectivity index (χ4n) is 2.19. The number of anilines is 1. The number of nitrogens with zero attached hydrogens (tertiary/aromatic N) is 6. The largest absolute Gasteiger partial charge is 0.384 e. The molecule has 0 fully saturated rings. The predicted molar refractivity (Wildman–Crippen MR) is 80.2 cm³/mol. The van der Waals surface area contributed by atoms with Crippen molar-refractivity contribution in [1.29, 1.82) is 0 Å². The summed E-state index contributed by atoms with van der Waals surface area (Å²) in [5, 5.41) is 8.46. The van der Waals surface area contributed by atoms with Gasteiger partial charge in [0.2, 0.25) is 0 Å². The first-order valence-electron chi connectivity index (χ1n) is 6.83. The van der Waals surface area contributed by atoms with E-state index in [-0.39, 0.29) is 0 Å². The highest BCUT2D eigenvalue weighted by Gasteiger charge is 2.12. The van der Waals surface area contributed by atoms with Crippen LogP contribution in [0.25, 0.3) is 22.8 Å². The van der Waals surface area contributed by atoms with Gasteiger partial charge in [0.05, 0.1) is 11.9 Å². The van der Waals surface area contributed by atoms with E-state index >= 15 is 0 Å². The van der Waals surface area contributed by atoms with Crippen LogP contribution in [0.2, 0.25) is 0 Å². The second kappa shape index (κ2) is 5.35. The van der Waals surface area contributed by atoms with Crippen molar-refractivity contribution in [2.75, 3.05) is 5.73 Å². The Morgan fingerprint density at radius 2 is 2.10 bits per heavy atom. The molecule has 21 heavy (non-hydrogen) atoms. The second-order valence-corrected chi connectivity index (χ2v) is 4.84. The molecule has 0 aliphatic carbocycles. The Hall–Kier alpha value is -2.70. The molecule has 0 bridgehead atoms. The topological polar surface area (TPSA) is 87.4 Å². The molecule has 108 valence electrons. The minimum Gasteiger partial charge on any atom is -0.384 e. The van der Waals surface area contributed by atoms with Gasteiger partial charge in [-0.3, -0.25) is 9.36 Å². The van der Waals surface area contributed by atoms with Crippen molar-refractivity contribution in [2.24, 2.45) is 7.05 Å². The molecule has 3 rings (SSSR count). The molecule has 0 aliphatic rings. The summed E-state index contributed by atoms with van der Waals surface area (Å²) in [5.74, 6) is 1.02. The lowest BCUT2D eigenvalue weighted by molar-refractivity contribution is 0.607. The van der Waals surface area contributed by atoms with E-state index in [0.717, 1.165) is 29.9 Å². The van der Waals surface area contributed by atoms with Crippen LogP contribution in [-0.4, -0.2) is 29.5 Å². The van der Waals surface area contributed by atoms with E-state index in [9.17, 15) is 0 Å². The fraction of sp³-hybridized carbons (Fsp3) is 0.286. The maximum atomic E-state index is 5.93. The first-order chi connectivity index (χ1) is 10.2. The number of rotatable bonds is 4. The Balaban J connectivity index is 2.07. The first kappa shape index (κ1) is 13.3. The number of aryl methyl sites for hydroxylation is 2. The summed E-state index contributed by atoms with van der Waals surface area (Å²) in [6.45, 7) is 2.93. The van der Waals surface area contributed by atoms with Crippen molar-refractivity contribution >= 4 is 5.82 Å². The van der Waals surface area contributed by atoms with Gasteiger partial charge in [-0.2, -0.15) is 10.2 Å². The van der Waals surface area contributed by atoms with Gasteiger partial charge in [-0.1, -0.05) is 6.92 Å². The minimum absolute atomic E-state index is 0.433. The van der Waals surface area contributed by atoms with Crippen molar-refractivity contribution in [1.82, 2.24) is 29.5 Å². The molecular weight excluding hydrogens is 266 g/mol. The summed E-state index contributed by atoms with van der Waals surface area (Å²) in [7, 11) is 1.87. The summed E-state index contributed by atoms with van der Waals surface area (Å²) in [5.41, 5.74) is 8.47. The van der Waals surface area contributed by atoms with Gasteiger partial charge in [-0.05, 0) is 12.5 Å². The molecule has 2 N–H and O–H groups in total. The summed E-state index contributed by atoms with van der Waals surface area (Å²) in [6, 6.07) is 3.65. The summed E-state index contributed by atoms with van der Waals surface area (Å²) in [4.78, 5) is 8.93. The number of hydrogen-bond donors (Lipinski definition) is 1. The highest BCUT2D eigenvalue weighted by molar-refractivity contribution is 5.64. The van der Waals surface area contributed by atoms with E-state index in [0.29, 0.717) is 11.6 Å². The first-order valence-corrected chi connectivity index (χ1v) is 6.83. The third kappa shape index (κ3) is 2.62. The third-order valence-electron chi connectivity index (χ3n) is 3.13. The standard InChI is InChI=1S/C14H17N7/c1-3-6-21-12(4-5-16-21)14-18-11(7-13(15)19-14)10-8-17-20(2)9-10/h4-5,7-9H,3,6H2,1-2H3,(H2,15,18,19). The molecule has 7 heteroatoms. The van der Waals surface area contributed by atoms with Crippen molar-refractivity contribution in [2.45, 2.75) is 19.9 Å². The molecule has 3 aromatic rings. The van der Waals surface area contributed by atoms with E-state index in [1.54, 1.807) is 23.1 Å². The normalized spacial score (nSPS) is 11.0. The van der Waals surface area contributed by atoms with E-state index in [2.05, 4.69) is 27.1 Å². The molecule has 0 aromatic carbocycles. The van der Waals surface area contributed by atoms with Crippen LogP contribution in [0.15, 0.2) is 30.7 Å². The zero-order chi connectivity index (χ0) is 14.8. The minimum atomic E-state index is 0.433. The molecule has 0 atom stereocenters. The predicted octanol–water partition coefficient (Wildman–Crippen LogP) is 1.73.